The van der Waals surface area contributed by atoms with E-state index in [0.717, 1.165) is 16.8 Å². The van der Waals surface area contributed by atoms with Crippen LogP contribution in [0.25, 0.3) is 0 Å². The number of nitrogens with one attached hydrogen (secondary N) is 2. The largest absolute Gasteiger partial charge is 0.380 e. The Balaban J connectivity index is 1.91. The zero-order valence-electron chi connectivity index (χ0n) is 12.1. The number of hydrogen-bond acceptors (Lipinski definition) is 3. The van der Waals surface area contributed by atoms with Crippen molar-refractivity contribution in [3.63, 3.8) is 0 Å². The number of nitrogens with zero attached hydrogens (tertiary/aromatic N) is 1. The summed E-state index contributed by atoms with van der Waals surface area (Å²) in [7, 11) is 0. The number of hydrogen-bond donors (Lipinski definition) is 2. The molecule has 2 aromatic rings. The first kappa shape index (κ1) is 14.8. The van der Waals surface area contributed by atoms with Crippen LogP contribution in [0.2, 0.25) is 0 Å². The minimum Gasteiger partial charge on any atom is -0.380 e. The maximum atomic E-state index is 12.0. The van der Waals surface area contributed by atoms with Crippen molar-refractivity contribution in [1.82, 2.24) is 4.98 Å². The van der Waals surface area contributed by atoms with Crippen LogP contribution in [0.1, 0.15) is 11.1 Å². The van der Waals surface area contributed by atoms with Crippen LogP contribution in [-0.2, 0) is 11.2 Å². The SMILES string of the molecule is C=CCNc1ccc(NC(=O)Cc2cccc(C)c2)nc1. The van der Waals surface area contributed by atoms with Gasteiger partial charge in [0.1, 0.15) is 5.82 Å². The van der Waals surface area contributed by atoms with Crippen LogP contribution >= 0.6 is 0 Å². The van der Waals surface area contributed by atoms with Gasteiger partial charge in [0.2, 0.25) is 5.91 Å². The van der Waals surface area contributed by atoms with Gasteiger partial charge in [0, 0.05) is 6.54 Å². The van der Waals surface area contributed by atoms with Crippen LogP contribution in [0.5, 0.6) is 0 Å². The van der Waals surface area contributed by atoms with Gasteiger partial charge in [0.05, 0.1) is 18.3 Å². The zero-order valence-corrected chi connectivity index (χ0v) is 12.1. The lowest BCUT2D eigenvalue weighted by atomic mass is 10.1. The topological polar surface area (TPSA) is 54.0 Å². The lowest BCUT2D eigenvalue weighted by Crippen LogP contribution is -2.15. The first-order valence-corrected chi connectivity index (χ1v) is 6.83. The standard InChI is InChI=1S/C17H19N3O/c1-3-9-18-15-7-8-16(19-12-15)20-17(21)11-14-6-4-5-13(2)10-14/h3-8,10,12,18H,1,9,11H2,2H3,(H,19,20,21). The summed E-state index contributed by atoms with van der Waals surface area (Å²) in [4.78, 5) is 16.2. The second-order valence-corrected chi connectivity index (χ2v) is 4.82. The maximum absolute atomic E-state index is 12.0. The lowest BCUT2D eigenvalue weighted by Gasteiger charge is -2.07. The molecule has 1 amide bonds. The zero-order chi connectivity index (χ0) is 15.1. The second-order valence-electron chi connectivity index (χ2n) is 4.82. The van der Waals surface area contributed by atoms with Crippen molar-refractivity contribution in [2.45, 2.75) is 13.3 Å². The highest BCUT2D eigenvalue weighted by atomic mass is 16.1. The predicted molar refractivity (Wildman–Crippen MR) is 86.4 cm³/mol. The summed E-state index contributed by atoms with van der Waals surface area (Å²) in [5, 5.41) is 5.92. The van der Waals surface area contributed by atoms with E-state index in [1.165, 1.54) is 0 Å². The summed E-state index contributed by atoms with van der Waals surface area (Å²) in [6.07, 6.45) is 3.81. The van der Waals surface area contributed by atoms with Crippen LogP contribution < -0.4 is 10.6 Å². The van der Waals surface area contributed by atoms with Crippen LogP contribution in [0.4, 0.5) is 11.5 Å². The first-order valence-electron chi connectivity index (χ1n) is 6.83. The Morgan fingerprint density at radius 1 is 1.33 bits per heavy atom. The molecule has 0 spiro atoms. The van der Waals surface area contributed by atoms with E-state index in [0.29, 0.717) is 18.8 Å². The number of anilines is 2. The third-order valence-electron chi connectivity index (χ3n) is 2.93. The number of pyridine rings is 1. The van der Waals surface area contributed by atoms with Crippen molar-refractivity contribution >= 4 is 17.4 Å². The van der Waals surface area contributed by atoms with Gasteiger partial charge in [-0.05, 0) is 24.6 Å². The number of benzene rings is 1. The Morgan fingerprint density at radius 2 is 2.19 bits per heavy atom. The van der Waals surface area contributed by atoms with Crippen LogP contribution in [0.3, 0.4) is 0 Å². The summed E-state index contributed by atoms with van der Waals surface area (Å²) >= 11 is 0. The fourth-order valence-electron chi connectivity index (χ4n) is 1.96. The quantitative estimate of drug-likeness (QED) is 0.800. The molecule has 2 rings (SSSR count). The number of carbonyl (C=O) groups excluding carboxylic acids is 1. The number of aryl methyl sites for hydroxylation is 1. The van der Waals surface area contributed by atoms with Crippen molar-refractivity contribution in [1.29, 1.82) is 0 Å². The molecule has 1 aromatic heterocycles. The fraction of sp³-hybridized carbons (Fsp3) is 0.176. The molecule has 1 heterocycles. The molecule has 0 saturated heterocycles. The number of amides is 1. The van der Waals surface area contributed by atoms with Gasteiger partial charge in [-0.3, -0.25) is 4.79 Å². The Kier molecular flexibility index (Phi) is 5.10. The Hall–Kier alpha value is -2.62. The van der Waals surface area contributed by atoms with E-state index >= 15 is 0 Å². The Bertz CT molecular complexity index is 620. The summed E-state index contributed by atoms with van der Waals surface area (Å²) < 4.78 is 0. The lowest BCUT2D eigenvalue weighted by molar-refractivity contribution is -0.115. The molecule has 0 aliphatic carbocycles. The second kappa shape index (κ2) is 7.24. The predicted octanol–water partition coefficient (Wildman–Crippen LogP) is 3.17. The van der Waals surface area contributed by atoms with Crippen LogP contribution in [0.15, 0.2) is 55.3 Å². The highest BCUT2D eigenvalue weighted by Crippen LogP contribution is 2.10. The average Bonchev–Trinajstić information content (AvgIpc) is 2.46. The molecule has 4 heteroatoms. The van der Waals surface area contributed by atoms with E-state index in [9.17, 15) is 4.79 Å². The highest BCUT2D eigenvalue weighted by Gasteiger charge is 2.05. The third kappa shape index (κ3) is 4.76. The van der Waals surface area contributed by atoms with Crippen LogP contribution in [0, 0.1) is 6.92 Å². The summed E-state index contributed by atoms with van der Waals surface area (Å²) in [5.74, 6) is 0.483. The van der Waals surface area contributed by atoms with Gasteiger partial charge in [0.15, 0.2) is 0 Å². The van der Waals surface area contributed by atoms with Crippen LogP contribution in [-0.4, -0.2) is 17.4 Å². The minimum absolute atomic E-state index is 0.0695. The van der Waals surface area contributed by atoms with Crippen molar-refractivity contribution in [2.24, 2.45) is 0 Å². The molecule has 2 N–H and O–H groups in total. The maximum Gasteiger partial charge on any atom is 0.229 e. The van der Waals surface area contributed by atoms with E-state index in [2.05, 4.69) is 22.2 Å². The van der Waals surface area contributed by atoms with E-state index in [1.54, 1.807) is 18.3 Å². The first-order chi connectivity index (χ1) is 10.2. The van der Waals surface area contributed by atoms with Gasteiger partial charge in [-0.15, -0.1) is 6.58 Å². The third-order valence-corrected chi connectivity index (χ3v) is 2.93. The van der Waals surface area contributed by atoms with Crippen molar-refractivity contribution in [3.05, 3.63) is 66.4 Å². The van der Waals surface area contributed by atoms with Gasteiger partial charge in [-0.1, -0.05) is 35.9 Å². The average molecular weight is 281 g/mol. The number of aromatic nitrogens is 1. The van der Waals surface area contributed by atoms with Crippen molar-refractivity contribution in [3.8, 4) is 0 Å². The van der Waals surface area contributed by atoms with Gasteiger partial charge in [-0.2, -0.15) is 0 Å². The number of rotatable bonds is 6. The highest BCUT2D eigenvalue weighted by molar-refractivity contribution is 5.91. The Morgan fingerprint density at radius 3 is 2.86 bits per heavy atom. The van der Waals surface area contributed by atoms with E-state index in [-0.39, 0.29) is 5.91 Å². The van der Waals surface area contributed by atoms with Crippen molar-refractivity contribution in [2.75, 3.05) is 17.2 Å². The van der Waals surface area contributed by atoms with Gasteiger partial charge in [-0.25, -0.2) is 4.98 Å². The molecule has 4 nitrogen and oxygen atoms in total. The van der Waals surface area contributed by atoms with E-state index < -0.39 is 0 Å². The summed E-state index contributed by atoms with van der Waals surface area (Å²) in [6.45, 7) is 6.33. The summed E-state index contributed by atoms with van der Waals surface area (Å²) in [6, 6.07) is 11.6. The molecule has 0 unspecified atom stereocenters. The van der Waals surface area contributed by atoms with Gasteiger partial charge >= 0.3 is 0 Å². The van der Waals surface area contributed by atoms with E-state index in [4.69, 9.17) is 0 Å². The normalized spacial score (nSPS) is 9.95. The molecule has 0 radical (unpaired) electrons. The molecule has 108 valence electrons. The van der Waals surface area contributed by atoms with Gasteiger partial charge < -0.3 is 10.6 Å². The molecule has 0 fully saturated rings. The molecule has 0 saturated carbocycles. The molecular formula is C17H19N3O. The molecule has 0 aliphatic heterocycles. The fourth-order valence-corrected chi connectivity index (χ4v) is 1.96. The molecule has 0 bridgehead atoms. The smallest absolute Gasteiger partial charge is 0.229 e. The minimum atomic E-state index is -0.0695. The molecular weight excluding hydrogens is 262 g/mol. The molecule has 21 heavy (non-hydrogen) atoms. The van der Waals surface area contributed by atoms with Crippen molar-refractivity contribution < 1.29 is 4.79 Å². The van der Waals surface area contributed by atoms with E-state index in [1.807, 2.05) is 37.3 Å². The Labute approximate surface area is 124 Å². The summed E-state index contributed by atoms with van der Waals surface area (Å²) in [5.41, 5.74) is 3.04. The monoisotopic (exact) mass is 281 g/mol. The van der Waals surface area contributed by atoms with Gasteiger partial charge in [0.25, 0.3) is 0 Å². The molecule has 0 atom stereocenters. The molecule has 1 aromatic carbocycles. The number of carbonyl (C=O) groups is 1. The molecule has 0 aliphatic rings.